The van der Waals surface area contributed by atoms with Crippen LogP contribution >= 0.6 is 0 Å². The molecule has 0 bridgehead atoms. The number of hydrogen-bond acceptors (Lipinski definition) is 4. The zero-order valence-electron chi connectivity index (χ0n) is 8.13. The summed E-state index contributed by atoms with van der Waals surface area (Å²) in [5.41, 5.74) is 0. The van der Waals surface area contributed by atoms with Crippen molar-refractivity contribution >= 4 is 11.8 Å². The van der Waals surface area contributed by atoms with Crippen LogP contribution in [-0.2, 0) is 4.79 Å². The molecule has 1 saturated heterocycles. The molecule has 2 rings (SSSR count). The van der Waals surface area contributed by atoms with Crippen LogP contribution < -0.4 is 4.90 Å². The fourth-order valence-electron chi connectivity index (χ4n) is 1.87. The van der Waals surface area contributed by atoms with Gasteiger partial charge < -0.3 is 15.1 Å². The molecular weight excluding hydrogens is 196 g/mol. The molecule has 1 aromatic heterocycles. The van der Waals surface area contributed by atoms with Crippen LogP contribution in [0.2, 0.25) is 0 Å². The first-order valence-electron chi connectivity index (χ1n) is 4.84. The number of aromatic nitrogens is 1. The molecular formula is C10H12N2O3. The standard InChI is InChI=1S/C10H12N2O3/c13-9-5-1-4-8(11-9)12-6-2-3-7(12)10(14)15/h1,4-5,7H,2-3,6H2,(H,11,13)(H,14,15)/t7-/m0/s1. The first-order chi connectivity index (χ1) is 7.18. The maximum absolute atomic E-state index is 10.9. The van der Waals surface area contributed by atoms with Gasteiger partial charge in [-0.3, -0.25) is 0 Å². The lowest BCUT2D eigenvalue weighted by Crippen LogP contribution is -2.36. The Hall–Kier alpha value is -1.78. The minimum Gasteiger partial charge on any atom is -0.493 e. The lowest BCUT2D eigenvalue weighted by Gasteiger charge is -2.22. The Labute approximate surface area is 87.0 Å². The van der Waals surface area contributed by atoms with Crippen LogP contribution in [0.3, 0.4) is 0 Å². The minimum atomic E-state index is -0.836. The molecule has 0 unspecified atom stereocenters. The molecule has 0 radical (unpaired) electrons. The zero-order valence-corrected chi connectivity index (χ0v) is 8.13. The molecule has 5 heteroatoms. The molecule has 1 fully saturated rings. The van der Waals surface area contributed by atoms with E-state index in [1.54, 1.807) is 17.0 Å². The summed E-state index contributed by atoms with van der Waals surface area (Å²) in [6, 6.07) is 4.32. The summed E-state index contributed by atoms with van der Waals surface area (Å²) in [6.07, 6.45) is 1.47. The smallest absolute Gasteiger partial charge is 0.326 e. The van der Waals surface area contributed by atoms with Crippen molar-refractivity contribution < 1.29 is 15.0 Å². The summed E-state index contributed by atoms with van der Waals surface area (Å²) in [6.45, 7) is 0.674. The third-order valence-electron chi connectivity index (χ3n) is 2.55. The molecule has 0 aromatic carbocycles. The van der Waals surface area contributed by atoms with E-state index in [1.807, 2.05) is 0 Å². The van der Waals surface area contributed by atoms with Crippen LogP contribution in [0, 0.1) is 0 Å². The van der Waals surface area contributed by atoms with E-state index in [0.717, 1.165) is 6.42 Å². The minimum absolute atomic E-state index is 0.0801. The van der Waals surface area contributed by atoms with Crippen molar-refractivity contribution in [2.24, 2.45) is 0 Å². The highest BCUT2D eigenvalue weighted by atomic mass is 16.4. The van der Waals surface area contributed by atoms with Crippen LogP contribution in [0.5, 0.6) is 5.88 Å². The van der Waals surface area contributed by atoms with Crippen molar-refractivity contribution in [3.63, 3.8) is 0 Å². The van der Waals surface area contributed by atoms with Crippen LogP contribution in [0.25, 0.3) is 0 Å². The number of pyridine rings is 1. The van der Waals surface area contributed by atoms with Crippen molar-refractivity contribution in [2.75, 3.05) is 11.4 Å². The van der Waals surface area contributed by atoms with E-state index in [-0.39, 0.29) is 5.88 Å². The van der Waals surface area contributed by atoms with Crippen molar-refractivity contribution in [1.82, 2.24) is 4.98 Å². The van der Waals surface area contributed by atoms with Crippen LogP contribution in [-0.4, -0.2) is 33.8 Å². The van der Waals surface area contributed by atoms with Crippen molar-refractivity contribution in [2.45, 2.75) is 18.9 Å². The van der Waals surface area contributed by atoms with E-state index in [1.165, 1.54) is 6.07 Å². The molecule has 0 spiro atoms. The van der Waals surface area contributed by atoms with Gasteiger partial charge in [-0.2, -0.15) is 4.98 Å². The fourth-order valence-corrected chi connectivity index (χ4v) is 1.87. The Kier molecular flexibility index (Phi) is 2.45. The van der Waals surface area contributed by atoms with Crippen LogP contribution in [0.4, 0.5) is 5.82 Å². The van der Waals surface area contributed by atoms with Crippen LogP contribution in [0.1, 0.15) is 12.8 Å². The second-order valence-corrected chi connectivity index (χ2v) is 3.54. The summed E-state index contributed by atoms with van der Waals surface area (Å²) in [4.78, 5) is 16.6. The second-order valence-electron chi connectivity index (χ2n) is 3.54. The normalized spacial score (nSPS) is 20.5. The first kappa shape index (κ1) is 9.76. The monoisotopic (exact) mass is 208 g/mol. The molecule has 5 nitrogen and oxygen atoms in total. The summed E-state index contributed by atoms with van der Waals surface area (Å²) in [5, 5.41) is 18.2. The van der Waals surface area contributed by atoms with Gasteiger partial charge in [-0.15, -0.1) is 0 Å². The highest BCUT2D eigenvalue weighted by Crippen LogP contribution is 2.25. The van der Waals surface area contributed by atoms with E-state index in [0.29, 0.717) is 18.8 Å². The van der Waals surface area contributed by atoms with E-state index in [2.05, 4.69) is 4.98 Å². The van der Waals surface area contributed by atoms with Gasteiger partial charge >= 0.3 is 5.97 Å². The highest BCUT2D eigenvalue weighted by Gasteiger charge is 2.31. The van der Waals surface area contributed by atoms with Gasteiger partial charge in [-0.25, -0.2) is 4.79 Å². The van der Waals surface area contributed by atoms with E-state index < -0.39 is 12.0 Å². The number of nitrogens with zero attached hydrogens (tertiary/aromatic N) is 2. The number of aromatic hydroxyl groups is 1. The molecule has 1 aliphatic rings. The maximum Gasteiger partial charge on any atom is 0.326 e. The number of hydrogen-bond donors (Lipinski definition) is 2. The molecule has 0 aliphatic carbocycles. The molecule has 1 aromatic rings. The predicted octanol–water partition coefficient (Wildman–Crippen LogP) is 0.841. The highest BCUT2D eigenvalue weighted by molar-refractivity contribution is 5.78. The number of anilines is 1. The molecule has 80 valence electrons. The SMILES string of the molecule is O=C(O)[C@@H]1CCCN1c1cccc(O)n1. The lowest BCUT2D eigenvalue weighted by molar-refractivity contribution is -0.138. The van der Waals surface area contributed by atoms with E-state index in [9.17, 15) is 9.90 Å². The zero-order chi connectivity index (χ0) is 10.8. The third-order valence-corrected chi connectivity index (χ3v) is 2.55. The Balaban J connectivity index is 2.26. The van der Waals surface area contributed by atoms with Crippen molar-refractivity contribution in [3.05, 3.63) is 18.2 Å². The Bertz CT molecular complexity index is 381. The summed E-state index contributed by atoms with van der Waals surface area (Å²) in [7, 11) is 0. The molecule has 0 saturated carbocycles. The second kappa shape index (κ2) is 3.76. The molecule has 15 heavy (non-hydrogen) atoms. The number of carboxylic acid groups (broad SMARTS) is 1. The summed E-state index contributed by atoms with van der Waals surface area (Å²) < 4.78 is 0. The van der Waals surface area contributed by atoms with Gasteiger partial charge in [-0.1, -0.05) is 6.07 Å². The van der Waals surface area contributed by atoms with Gasteiger partial charge in [0.05, 0.1) is 0 Å². The topological polar surface area (TPSA) is 73.7 Å². The average Bonchev–Trinajstić information content (AvgIpc) is 2.65. The van der Waals surface area contributed by atoms with Gasteiger partial charge in [0.15, 0.2) is 0 Å². The number of carboxylic acids is 1. The summed E-state index contributed by atoms with van der Waals surface area (Å²) >= 11 is 0. The Morgan fingerprint density at radius 2 is 2.33 bits per heavy atom. The lowest BCUT2D eigenvalue weighted by atomic mass is 10.2. The molecule has 0 amide bonds. The molecule has 1 atom stereocenters. The summed E-state index contributed by atoms with van der Waals surface area (Å²) in [5.74, 6) is -0.388. The predicted molar refractivity (Wildman–Crippen MR) is 53.9 cm³/mol. The van der Waals surface area contributed by atoms with E-state index in [4.69, 9.17) is 5.11 Å². The Morgan fingerprint density at radius 3 is 3.00 bits per heavy atom. The quantitative estimate of drug-likeness (QED) is 0.753. The Morgan fingerprint density at radius 1 is 1.53 bits per heavy atom. The number of carbonyl (C=O) groups is 1. The molecule has 2 N–H and O–H groups in total. The van der Waals surface area contributed by atoms with Gasteiger partial charge in [-0.05, 0) is 18.9 Å². The molecule has 2 heterocycles. The average molecular weight is 208 g/mol. The third kappa shape index (κ3) is 1.86. The molecule has 1 aliphatic heterocycles. The van der Waals surface area contributed by atoms with Gasteiger partial charge in [0.25, 0.3) is 0 Å². The van der Waals surface area contributed by atoms with Gasteiger partial charge in [0, 0.05) is 12.6 Å². The maximum atomic E-state index is 10.9. The largest absolute Gasteiger partial charge is 0.493 e. The number of rotatable bonds is 2. The van der Waals surface area contributed by atoms with Crippen molar-refractivity contribution in [3.8, 4) is 5.88 Å². The number of aliphatic carboxylic acids is 1. The van der Waals surface area contributed by atoms with E-state index >= 15 is 0 Å². The van der Waals surface area contributed by atoms with Crippen LogP contribution in [0.15, 0.2) is 18.2 Å². The first-order valence-corrected chi connectivity index (χ1v) is 4.84. The fraction of sp³-hybridized carbons (Fsp3) is 0.400. The van der Waals surface area contributed by atoms with Gasteiger partial charge in [0.1, 0.15) is 11.9 Å². The van der Waals surface area contributed by atoms with Crippen molar-refractivity contribution in [1.29, 1.82) is 0 Å². The van der Waals surface area contributed by atoms with Gasteiger partial charge in [0.2, 0.25) is 5.88 Å².